The average Bonchev–Trinajstić information content (AvgIpc) is 2.54. The molecule has 4 heteroatoms. The lowest BCUT2D eigenvalue weighted by Crippen LogP contribution is -2.29. The van der Waals surface area contributed by atoms with Crippen molar-refractivity contribution in [3.8, 4) is 0 Å². The molecule has 21 heavy (non-hydrogen) atoms. The van der Waals surface area contributed by atoms with Crippen LogP contribution in [-0.2, 0) is 4.74 Å². The van der Waals surface area contributed by atoms with E-state index in [4.69, 9.17) is 4.74 Å². The topological polar surface area (TPSA) is 50.4 Å². The Bertz CT molecular complexity index is 462. The summed E-state index contributed by atoms with van der Waals surface area (Å²) in [6.07, 6.45) is 6.55. The number of anilines is 1. The Labute approximate surface area is 126 Å². The van der Waals surface area contributed by atoms with Crippen molar-refractivity contribution in [2.45, 2.75) is 37.8 Å². The maximum Gasteiger partial charge on any atom is 0.251 e. The molecule has 114 valence electrons. The molecular formula is C17H24N2O2. The Morgan fingerprint density at radius 2 is 1.95 bits per heavy atom. The van der Waals surface area contributed by atoms with Crippen LogP contribution in [-0.4, -0.2) is 31.7 Å². The van der Waals surface area contributed by atoms with E-state index in [1.807, 2.05) is 24.3 Å². The second-order valence-electron chi connectivity index (χ2n) is 5.43. The van der Waals surface area contributed by atoms with Crippen molar-refractivity contribution < 1.29 is 9.53 Å². The lowest BCUT2D eigenvalue weighted by atomic mass is 9.93. The molecule has 1 saturated carbocycles. The Kier molecular flexibility index (Phi) is 5.81. The van der Waals surface area contributed by atoms with Crippen molar-refractivity contribution in [2.75, 3.05) is 19.0 Å². The first kappa shape index (κ1) is 15.6. The zero-order valence-electron chi connectivity index (χ0n) is 12.6. The van der Waals surface area contributed by atoms with Crippen LogP contribution >= 0.6 is 0 Å². The lowest BCUT2D eigenvalue weighted by Gasteiger charge is -2.28. The molecule has 1 aromatic carbocycles. The van der Waals surface area contributed by atoms with Crippen molar-refractivity contribution >= 4 is 11.6 Å². The Morgan fingerprint density at radius 1 is 1.29 bits per heavy atom. The quantitative estimate of drug-likeness (QED) is 0.791. The minimum atomic E-state index is -0.0675. The summed E-state index contributed by atoms with van der Waals surface area (Å²) in [4.78, 5) is 11.8. The van der Waals surface area contributed by atoms with Crippen molar-refractivity contribution in [2.24, 2.45) is 0 Å². The van der Waals surface area contributed by atoms with Crippen molar-refractivity contribution in [1.29, 1.82) is 0 Å². The first-order valence-corrected chi connectivity index (χ1v) is 7.51. The number of amides is 1. The molecule has 1 amide bonds. The highest BCUT2D eigenvalue weighted by atomic mass is 16.5. The largest absolute Gasteiger partial charge is 0.382 e. The van der Waals surface area contributed by atoms with Crippen molar-refractivity contribution in [1.82, 2.24) is 5.32 Å². The number of hydrogen-bond donors (Lipinski definition) is 2. The molecule has 0 atom stereocenters. The molecule has 1 aliphatic carbocycles. The molecule has 0 heterocycles. The Hall–Kier alpha value is -1.81. The van der Waals surface area contributed by atoms with E-state index in [1.165, 1.54) is 0 Å². The summed E-state index contributed by atoms with van der Waals surface area (Å²) >= 11 is 0. The second-order valence-corrected chi connectivity index (χ2v) is 5.43. The third-order valence-electron chi connectivity index (χ3n) is 3.93. The number of benzene rings is 1. The van der Waals surface area contributed by atoms with E-state index in [1.54, 1.807) is 13.2 Å². The number of hydrogen-bond acceptors (Lipinski definition) is 3. The number of nitrogens with one attached hydrogen (secondary N) is 2. The van der Waals surface area contributed by atoms with Gasteiger partial charge in [0.1, 0.15) is 0 Å². The van der Waals surface area contributed by atoms with Gasteiger partial charge in [0.15, 0.2) is 0 Å². The van der Waals surface area contributed by atoms with Gasteiger partial charge < -0.3 is 15.4 Å². The summed E-state index contributed by atoms with van der Waals surface area (Å²) < 4.78 is 5.38. The smallest absolute Gasteiger partial charge is 0.251 e. The maximum absolute atomic E-state index is 11.8. The molecule has 0 radical (unpaired) electrons. The van der Waals surface area contributed by atoms with Gasteiger partial charge in [-0.2, -0.15) is 0 Å². The van der Waals surface area contributed by atoms with E-state index in [2.05, 4.69) is 17.2 Å². The summed E-state index contributed by atoms with van der Waals surface area (Å²) in [6, 6.07) is 8.12. The lowest BCUT2D eigenvalue weighted by molar-refractivity contribution is 0.0682. The second kappa shape index (κ2) is 7.84. The van der Waals surface area contributed by atoms with Crippen LogP contribution in [0.5, 0.6) is 0 Å². The first-order chi connectivity index (χ1) is 10.2. The molecule has 0 unspecified atom stereocenters. The molecule has 0 bridgehead atoms. The summed E-state index contributed by atoms with van der Waals surface area (Å²) in [7, 11) is 1.79. The molecule has 0 aliphatic heterocycles. The molecule has 2 rings (SSSR count). The van der Waals surface area contributed by atoms with Crippen LogP contribution in [0, 0.1) is 0 Å². The minimum Gasteiger partial charge on any atom is -0.382 e. The SMILES string of the molecule is C=CCNC(=O)c1ccc(NC2CCC(OC)CC2)cc1. The van der Waals surface area contributed by atoms with Crippen LogP contribution in [0.15, 0.2) is 36.9 Å². The predicted molar refractivity (Wildman–Crippen MR) is 85.6 cm³/mol. The van der Waals surface area contributed by atoms with E-state index >= 15 is 0 Å². The van der Waals surface area contributed by atoms with Crippen LogP contribution < -0.4 is 10.6 Å². The van der Waals surface area contributed by atoms with Crippen LogP contribution in [0.1, 0.15) is 36.0 Å². The maximum atomic E-state index is 11.8. The summed E-state index contributed by atoms with van der Waals surface area (Å²) in [5.74, 6) is -0.0675. The van der Waals surface area contributed by atoms with Gasteiger partial charge in [0, 0.05) is 30.9 Å². The van der Waals surface area contributed by atoms with Gasteiger partial charge in [-0.05, 0) is 49.9 Å². The highest BCUT2D eigenvalue weighted by molar-refractivity contribution is 5.94. The zero-order valence-corrected chi connectivity index (χ0v) is 12.6. The number of carbonyl (C=O) groups is 1. The molecular weight excluding hydrogens is 264 g/mol. The van der Waals surface area contributed by atoms with E-state index in [0.29, 0.717) is 24.3 Å². The zero-order chi connectivity index (χ0) is 15.1. The van der Waals surface area contributed by atoms with Crippen LogP contribution in [0.3, 0.4) is 0 Å². The standard InChI is InChI=1S/C17H24N2O2/c1-3-12-18-17(20)13-4-6-14(7-5-13)19-15-8-10-16(21-2)11-9-15/h3-7,15-16,19H,1,8-12H2,2H3,(H,18,20). The third kappa shape index (κ3) is 4.60. The number of carbonyl (C=O) groups excluding carboxylic acids is 1. The Morgan fingerprint density at radius 3 is 2.52 bits per heavy atom. The van der Waals surface area contributed by atoms with Crippen LogP contribution in [0.2, 0.25) is 0 Å². The van der Waals surface area contributed by atoms with Crippen LogP contribution in [0.4, 0.5) is 5.69 Å². The van der Waals surface area contributed by atoms with Crippen LogP contribution in [0.25, 0.3) is 0 Å². The fraction of sp³-hybridized carbons (Fsp3) is 0.471. The molecule has 0 aromatic heterocycles. The fourth-order valence-electron chi connectivity index (χ4n) is 2.66. The summed E-state index contributed by atoms with van der Waals surface area (Å²) in [5, 5.41) is 6.30. The van der Waals surface area contributed by atoms with E-state index in [-0.39, 0.29) is 5.91 Å². The molecule has 2 N–H and O–H groups in total. The third-order valence-corrected chi connectivity index (χ3v) is 3.93. The van der Waals surface area contributed by atoms with Gasteiger partial charge in [-0.15, -0.1) is 6.58 Å². The van der Waals surface area contributed by atoms with Crippen molar-refractivity contribution in [3.63, 3.8) is 0 Å². The Balaban J connectivity index is 1.85. The first-order valence-electron chi connectivity index (χ1n) is 7.51. The van der Waals surface area contributed by atoms with Gasteiger partial charge in [-0.3, -0.25) is 4.79 Å². The van der Waals surface area contributed by atoms with Crippen molar-refractivity contribution in [3.05, 3.63) is 42.5 Å². The number of methoxy groups -OCH3 is 1. The van der Waals surface area contributed by atoms with E-state index in [9.17, 15) is 4.79 Å². The number of ether oxygens (including phenoxy) is 1. The molecule has 1 fully saturated rings. The predicted octanol–water partition coefficient (Wildman–Crippen LogP) is 2.97. The molecule has 4 nitrogen and oxygen atoms in total. The van der Waals surface area contributed by atoms with Gasteiger partial charge >= 0.3 is 0 Å². The normalized spacial score (nSPS) is 21.6. The highest BCUT2D eigenvalue weighted by Crippen LogP contribution is 2.23. The minimum absolute atomic E-state index is 0.0675. The monoisotopic (exact) mass is 288 g/mol. The van der Waals surface area contributed by atoms with E-state index in [0.717, 1.165) is 31.4 Å². The van der Waals surface area contributed by atoms with Gasteiger partial charge in [0.25, 0.3) is 5.91 Å². The van der Waals surface area contributed by atoms with Gasteiger partial charge in [0.2, 0.25) is 0 Å². The molecule has 0 saturated heterocycles. The van der Waals surface area contributed by atoms with E-state index < -0.39 is 0 Å². The molecule has 1 aliphatic rings. The summed E-state index contributed by atoms with van der Waals surface area (Å²) in [6.45, 7) is 4.07. The molecule has 0 spiro atoms. The highest BCUT2D eigenvalue weighted by Gasteiger charge is 2.20. The average molecular weight is 288 g/mol. The molecule has 1 aromatic rings. The van der Waals surface area contributed by atoms with Gasteiger partial charge in [0.05, 0.1) is 6.10 Å². The fourth-order valence-corrected chi connectivity index (χ4v) is 2.66. The summed E-state index contributed by atoms with van der Waals surface area (Å²) in [5.41, 5.74) is 1.74. The van der Waals surface area contributed by atoms with Gasteiger partial charge in [-0.25, -0.2) is 0 Å². The number of rotatable bonds is 6. The van der Waals surface area contributed by atoms with Gasteiger partial charge in [-0.1, -0.05) is 6.08 Å².